The molecule has 3 heterocycles. The van der Waals surface area contributed by atoms with Crippen molar-refractivity contribution in [2.24, 2.45) is 0 Å². The first-order valence-electron chi connectivity index (χ1n) is 11.7. The van der Waals surface area contributed by atoms with E-state index in [0.29, 0.717) is 22.9 Å². The van der Waals surface area contributed by atoms with Crippen molar-refractivity contribution in [1.29, 1.82) is 0 Å². The van der Waals surface area contributed by atoms with Crippen molar-refractivity contribution in [1.82, 2.24) is 19.2 Å². The summed E-state index contributed by atoms with van der Waals surface area (Å²) in [6.45, 7) is 2.07. The molecule has 3 aromatic heterocycles. The molecule has 0 saturated heterocycles. The van der Waals surface area contributed by atoms with E-state index in [2.05, 4.69) is 4.98 Å². The highest BCUT2D eigenvalue weighted by Crippen LogP contribution is 2.33. The van der Waals surface area contributed by atoms with Gasteiger partial charge >= 0.3 is 5.97 Å². The van der Waals surface area contributed by atoms with E-state index in [1.54, 1.807) is 25.0 Å². The third-order valence-electron chi connectivity index (χ3n) is 5.91. The molecule has 0 atom stereocenters. The van der Waals surface area contributed by atoms with Gasteiger partial charge < -0.3 is 18.6 Å². The van der Waals surface area contributed by atoms with Crippen LogP contribution in [-0.4, -0.2) is 39.4 Å². The number of carbonyl (C=O) groups excluding carboxylic acids is 1. The quantitative estimate of drug-likeness (QED) is 0.216. The number of benzene rings is 2. The third kappa shape index (κ3) is 5.08. The number of rotatable bonds is 8. The van der Waals surface area contributed by atoms with E-state index in [9.17, 15) is 4.79 Å². The number of nitrogens with zero attached hydrogens (tertiary/aromatic N) is 4. The lowest BCUT2D eigenvalue weighted by Crippen LogP contribution is -2.00. The molecule has 5 rings (SSSR count). The number of imidazole rings is 1. The van der Waals surface area contributed by atoms with Crippen molar-refractivity contribution in [2.45, 2.75) is 13.5 Å². The molecule has 0 amide bonds. The number of fused-ring (bicyclic) bond motifs is 1. The lowest BCUT2D eigenvalue weighted by Gasteiger charge is -2.09. The molecule has 0 spiro atoms. The van der Waals surface area contributed by atoms with Crippen molar-refractivity contribution in [3.63, 3.8) is 0 Å². The topological polar surface area (TPSA) is 79.9 Å². The molecule has 0 aliphatic rings. The Bertz CT molecular complexity index is 1580. The predicted octanol–water partition coefficient (Wildman–Crippen LogP) is 5.27. The van der Waals surface area contributed by atoms with E-state index in [0.717, 1.165) is 28.0 Å². The van der Waals surface area contributed by atoms with Gasteiger partial charge in [-0.25, -0.2) is 14.5 Å². The van der Waals surface area contributed by atoms with Crippen LogP contribution in [0.1, 0.15) is 16.8 Å². The monoisotopic (exact) mass is 494 g/mol. The first-order chi connectivity index (χ1) is 18.1. The minimum atomic E-state index is -0.473. The Morgan fingerprint density at radius 3 is 2.54 bits per heavy atom. The van der Waals surface area contributed by atoms with Crippen LogP contribution in [0.5, 0.6) is 11.5 Å². The van der Waals surface area contributed by atoms with Gasteiger partial charge in [-0.1, -0.05) is 24.3 Å². The molecule has 8 heteroatoms. The molecule has 0 saturated carbocycles. The second kappa shape index (κ2) is 10.4. The average Bonchev–Trinajstić information content (AvgIpc) is 3.56. The Balaban J connectivity index is 1.40. The highest BCUT2D eigenvalue weighted by atomic mass is 16.5. The highest BCUT2D eigenvalue weighted by Gasteiger charge is 2.14. The smallest absolute Gasteiger partial charge is 0.331 e. The van der Waals surface area contributed by atoms with E-state index in [1.165, 1.54) is 6.08 Å². The Kier molecular flexibility index (Phi) is 6.72. The number of ether oxygens (including phenoxy) is 3. The van der Waals surface area contributed by atoms with Crippen LogP contribution >= 0.6 is 0 Å². The van der Waals surface area contributed by atoms with Gasteiger partial charge in [-0.15, -0.1) is 0 Å². The summed E-state index contributed by atoms with van der Waals surface area (Å²) in [7, 11) is 3.18. The van der Waals surface area contributed by atoms with Crippen molar-refractivity contribution in [3.05, 3.63) is 102 Å². The van der Waals surface area contributed by atoms with Crippen LogP contribution in [0.25, 0.3) is 28.7 Å². The third-order valence-corrected chi connectivity index (χ3v) is 5.91. The van der Waals surface area contributed by atoms with Crippen molar-refractivity contribution in [3.8, 4) is 28.4 Å². The number of hydrogen-bond donors (Lipinski definition) is 0. The van der Waals surface area contributed by atoms with Crippen molar-refractivity contribution >= 4 is 17.7 Å². The molecule has 37 heavy (non-hydrogen) atoms. The summed E-state index contributed by atoms with van der Waals surface area (Å²) in [6, 6.07) is 19.3. The summed E-state index contributed by atoms with van der Waals surface area (Å²) in [5.74, 6) is 0.738. The van der Waals surface area contributed by atoms with Gasteiger partial charge in [0.25, 0.3) is 0 Å². The van der Waals surface area contributed by atoms with Gasteiger partial charge in [-0.05, 0) is 55.0 Å². The molecular formula is C29H26N4O4. The SMILES string of the molecule is COc1ccc(-c2nn(-c3ccccc3)cc2/C=C/C(=O)OCc2cn3cccc(C)c3n2)cc1OC. The number of esters is 1. The molecule has 0 N–H and O–H groups in total. The molecule has 5 aromatic rings. The van der Waals surface area contributed by atoms with Crippen LogP contribution in [0.2, 0.25) is 0 Å². The average molecular weight is 495 g/mol. The van der Waals surface area contributed by atoms with Crippen molar-refractivity contribution < 1.29 is 19.0 Å². The molecule has 8 nitrogen and oxygen atoms in total. The van der Waals surface area contributed by atoms with Crippen LogP contribution < -0.4 is 9.47 Å². The van der Waals surface area contributed by atoms with E-state index in [1.807, 2.05) is 90.6 Å². The number of para-hydroxylation sites is 1. The highest BCUT2D eigenvalue weighted by molar-refractivity contribution is 5.88. The first-order valence-corrected chi connectivity index (χ1v) is 11.7. The lowest BCUT2D eigenvalue weighted by atomic mass is 10.1. The van der Waals surface area contributed by atoms with E-state index < -0.39 is 5.97 Å². The molecule has 0 aliphatic heterocycles. The summed E-state index contributed by atoms with van der Waals surface area (Å²) in [6.07, 6.45) is 8.75. The van der Waals surface area contributed by atoms with Crippen molar-refractivity contribution in [2.75, 3.05) is 14.2 Å². The second-order valence-corrected chi connectivity index (χ2v) is 8.38. The zero-order chi connectivity index (χ0) is 25.8. The van der Waals surface area contributed by atoms with E-state index in [4.69, 9.17) is 19.3 Å². The number of aryl methyl sites for hydroxylation is 1. The van der Waals surface area contributed by atoms with Gasteiger partial charge in [0, 0.05) is 35.8 Å². The van der Waals surface area contributed by atoms with Gasteiger partial charge in [-0.3, -0.25) is 0 Å². The molecule has 0 unspecified atom stereocenters. The Morgan fingerprint density at radius 2 is 1.78 bits per heavy atom. The fraction of sp³-hybridized carbons (Fsp3) is 0.138. The summed E-state index contributed by atoms with van der Waals surface area (Å²) < 4.78 is 20.0. The molecule has 0 aliphatic carbocycles. The number of methoxy groups -OCH3 is 2. The number of carbonyl (C=O) groups is 1. The van der Waals surface area contributed by atoms with Gasteiger partial charge in [-0.2, -0.15) is 5.10 Å². The summed E-state index contributed by atoms with van der Waals surface area (Å²) in [5.41, 5.74) is 5.73. The van der Waals surface area contributed by atoms with E-state index >= 15 is 0 Å². The van der Waals surface area contributed by atoms with E-state index in [-0.39, 0.29) is 6.61 Å². The Hall–Kier alpha value is -4.85. The maximum Gasteiger partial charge on any atom is 0.331 e. The molecular weight excluding hydrogens is 468 g/mol. The number of hydrogen-bond acceptors (Lipinski definition) is 6. The van der Waals surface area contributed by atoms with Crippen LogP contribution in [0.15, 0.2) is 85.3 Å². The zero-order valence-corrected chi connectivity index (χ0v) is 20.8. The normalized spacial score (nSPS) is 11.2. The summed E-state index contributed by atoms with van der Waals surface area (Å²) in [4.78, 5) is 17.1. The Morgan fingerprint density at radius 1 is 0.973 bits per heavy atom. The largest absolute Gasteiger partial charge is 0.493 e. The van der Waals surface area contributed by atoms with Crippen LogP contribution in [0.4, 0.5) is 0 Å². The number of pyridine rings is 1. The standard InChI is InChI=1S/C29H26N4O4/c1-20-8-7-15-32-18-23(30-29(20)32)19-37-27(34)14-12-22-17-33(24-9-5-4-6-10-24)31-28(22)21-11-13-25(35-2)26(16-21)36-3/h4-18H,19H2,1-3H3/b14-12+. The Labute approximate surface area is 214 Å². The minimum absolute atomic E-state index is 0.0795. The fourth-order valence-corrected chi connectivity index (χ4v) is 4.06. The summed E-state index contributed by atoms with van der Waals surface area (Å²) >= 11 is 0. The molecule has 186 valence electrons. The molecule has 0 bridgehead atoms. The van der Waals surface area contributed by atoms with Gasteiger partial charge in [0.1, 0.15) is 17.9 Å². The maximum atomic E-state index is 12.6. The zero-order valence-electron chi connectivity index (χ0n) is 20.8. The first kappa shape index (κ1) is 23.9. The maximum absolute atomic E-state index is 12.6. The lowest BCUT2D eigenvalue weighted by molar-refractivity contribution is -0.139. The van der Waals surface area contributed by atoms with Gasteiger partial charge in [0.15, 0.2) is 11.5 Å². The van der Waals surface area contributed by atoms with Gasteiger partial charge in [0.2, 0.25) is 0 Å². The van der Waals surface area contributed by atoms with Gasteiger partial charge in [0.05, 0.1) is 25.6 Å². The number of aromatic nitrogens is 4. The summed E-state index contributed by atoms with van der Waals surface area (Å²) in [5, 5.41) is 4.79. The second-order valence-electron chi connectivity index (χ2n) is 8.38. The fourth-order valence-electron chi connectivity index (χ4n) is 4.06. The molecule has 0 fully saturated rings. The predicted molar refractivity (Wildman–Crippen MR) is 141 cm³/mol. The minimum Gasteiger partial charge on any atom is -0.493 e. The van der Waals surface area contributed by atoms with Crippen LogP contribution in [0, 0.1) is 6.92 Å². The van der Waals surface area contributed by atoms with Crippen LogP contribution in [0.3, 0.4) is 0 Å². The molecule has 0 radical (unpaired) electrons. The van der Waals surface area contributed by atoms with Crippen LogP contribution in [-0.2, 0) is 16.1 Å². The molecule has 2 aromatic carbocycles.